The smallest absolute Gasteiger partial charge is 0.230 e. The molecule has 0 saturated heterocycles. The highest BCUT2D eigenvalue weighted by Crippen LogP contribution is 2.28. The Morgan fingerprint density at radius 3 is 2.65 bits per heavy atom. The SMILES string of the molecule is Cc1ccc(C)c(Oc2nccc(C)c2/C(N)=N/O)c1. The Balaban J connectivity index is 2.49. The predicted molar refractivity (Wildman–Crippen MR) is 77.5 cm³/mol. The summed E-state index contributed by atoms with van der Waals surface area (Å²) in [5.74, 6) is 1.01. The van der Waals surface area contributed by atoms with Gasteiger partial charge in [0.2, 0.25) is 5.88 Å². The number of hydrogen-bond acceptors (Lipinski definition) is 4. The Labute approximate surface area is 117 Å². The highest BCUT2D eigenvalue weighted by atomic mass is 16.5. The van der Waals surface area contributed by atoms with Crippen molar-refractivity contribution in [2.24, 2.45) is 10.9 Å². The van der Waals surface area contributed by atoms with Gasteiger partial charge in [-0.15, -0.1) is 0 Å². The van der Waals surface area contributed by atoms with Crippen LogP contribution in [0.25, 0.3) is 0 Å². The second kappa shape index (κ2) is 5.61. The van der Waals surface area contributed by atoms with Gasteiger partial charge in [-0.2, -0.15) is 0 Å². The van der Waals surface area contributed by atoms with E-state index in [9.17, 15) is 0 Å². The minimum Gasteiger partial charge on any atom is -0.438 e. The van der Waals surface area contributed by atoms with Gasteiger partial charge in [-0.05, 0) is 49.6 Å². The standard InChI is InChI=1S/C15H17N3O2/c1-9-4-5-10(2)12(8-9)20-15-13(14(16)18-19)11(3)6-7-17-15/h4-8,19H,1-3H3,(H2,16,18). The van der Waals surface area contributed by atoms with Crippen LogP contribution in [0, 0.1) is 20.8 Å². The van der Waals surface area contributed by atoms with E-state index < -0.39 is 0 Å². The second-order valence-electron chi connectivity index (χ2n) is 4.66. The molecule has 1 aromatic carbocycles. The van der Waals surface area contributed by atoms with Gasteiger partial charge >= 0.3 is 0 Å². The first-order chi connectivity index (χ1) is 9.52. The predicted octanol–water partition coefficient (Wildman–Crippen LogP) is 2.89. The summed E-state index contributed by atoms with van der Waals surface area (Å²) in [5.41, 5.74) is 9.10. The van der Waals surface area contributed by atoms with Crippen LogP contribution in [0.1, 0.15) is 22.3 Å². The Kier molecular flexibility index (Phi) is 3.89. The molecule has 104 valence electrons. The van der Waals surface area contributed by atoms with E-state index >= 15 is 0 Å². The van der Waals surface area contributed by atoms with Crippen LogP contribution >= 0.6 is 0 Å². The first kappa shape index (κ1) is 13.9. The van der Waals surface area contributed by atoms with Gasteiger partial charge in [-0.1, -0.05) is 17.3 Å². The third kappa shape index (κ3) is 2.71. The van der Waals surface area contributed by atoms with Crippen LogP contribution in [0.15, 0.2) is 35.6 Å². The topological polar surface area (TPSA) is 80.7 Å². The van der Waals surface area contributed by atoms with E-state index in [2.05, 4.69) is 10.1 Å². The van der Waals surface area contributed by atoms with Crippen LogP contribution in [-0.2, 0) is 0 Å². The van der Waals surface area contributed by atoms with Gasteiger partial charge in [0, 0.05) is 6.20 Å². The molecular weight excluding hydrogens is 254 g/mol. The average Bonchev–Trinajstić information content (AvgIpc) is 2.42. The highest BCUT2D eigenvalue weighted by Gasteiger charge is 2.14. The Morgan fingerprint density at radius 2 is 1.95 bits per heavy atom. The van der Waals surface area contributed by atoms with Crippen LogP contribution in [0.5, 0.6) is 11.6 Å². The number of rotatable bonds is 3. The summed E-state index contributed by atoms with van der Waals surface area (Å²) in [6, 6.07) is 7.69. The van der Waals surface area contributed by atoms with Crippen molar-refractivity contribution < 1.29 is 9.94 Å². The van der Waals surface area contributed by atoms with E-state index in [0.29, 0.717) is 17.2 Å². The van der Waals surface area contributed by atoms with E-state index in [-0.39, 0.29) is 5.84 Å². The van der Waals surface area contributed by atoms with Gasteiger partial charge in [0.25, 0.3) is 0 Å². The Morgan fingerprint density at radius 1 is 1.20 bits per heavy atom. The number of pyridine rings is 1. The largest absolute Gasteiger partial charge is 0.438 e. The lowest BCUT2D eigenvalue weighted by molar-refractivity contribution is 0.318. The minimum atomic E-state index is -0.0177. The van der Waals surface area contributed by atoms with E-state index in [4.69, 9.17) is 15.7 Å². The molecule has 0 unspecified atom stereocenters. The van der Waals surface area contributed by atoms with Crippen molar-refractivity contribution in [1.82, 2.24) is 4.98 Å². The lowest BCUT2D eigenvalue weighted by Gasteiger charge is -2.13. The maximum atomic E-state index is 8.88. The van der Waals surface area contributed by atoms with E-state index in [1.807, 2.05) is 39.0 Å². The molecule has 2 aromatic rings. The van der Waals surface area contributed by atoms with E-state index in [0.717, 1.165) is 16.7 Å². The van der Waals surface area contributed by atoms with Crippen LogP contribution in [0.4, 0.5) is 0 Å². The van der Waals surface area contributed by atoms with E-state index in [1.54, 1.807) is 12.3 Å². The van der Waals surface area contributed by atoms with Crippen molar-refractivity contribution in [3.63, 3.8) is 0 Å². The monoisotopic (exact) mass is 271 g/mol. The number of aryl methyl sites for hydroxylation is 3. The summed E-state index contributed by atoms with van der Waals surface area (Å²) >= 11 is 0. The molecule has 0 saturated carbocycles. The van der Waals surface area contributed by atoms with E-state index in [1.165, 1.54) is 0 Å². The molecule has 0 aliphatic rings. The van der Waals surface area contributed by atoms with Crippen molar-refractivity contribution in [1.29, 1.82) is 0 Å². The lowest BCUT2D eigenvalue weighted by Crippen LogP contribution is -2.16. The fourth-order valence-electron chi connectivity index (χ4n) is 1.89. The maximum Gasteiger partial charge on any atom is 0.230 e. The number of aromatic nitrogens is 1. The number of oxime groups is 1. The number of ether oxygens (including phenoxy) is 1. The molecule has 5 nitrogen and oxygen atoms in total. The third-order valence-corrected chi connectivity index (χ3v) is 3.04. The zero-order valence-corrected chi connectivity index (χ0v) is 11.7. The summed E-state index contributed by atoms with van der Waals surface area (Å²) in [5, 5.41) is 11.9. The zero-order chi connectivity index (χ0) is 14.7. The maximum absolute atomic E-state index is 8.88. The molecule has 0 bridgehead atoms. The first-order valence-corrected chi connectivity index (χ1v) is 6.21. The third-order valence-electron chi connectivity index (χ3n) is 3.04. The van der Waals surface area contributed by atoms with Gasteiger partial charge in [0.05, 0.1) is 5.56 Å². The fourth-order valence-corrected chi connectivity index (χ4v) is 1.89. The van der Waals surface area contributed by atoms with Gasteiger partial charge in [-0.3, -0.25) is 0 Å². The number of nitrogens with zero attached hydrogens (tertiary/aromatic N) is 2. The lowest BCUT2D eigenvalue weighted by atomic mass is 10.1. The molecule has 0 fully saturated rings. The van der Waals surface area contributed by atoms with Crippen molar-refractivity contribution >= 4 is 5.84 Å². The summed E-state index contributed by atoms with van der Waals surface area (Å²) in [6.45, 7) is 5.79. The van der Waals surface area contributed by atoms with Crippen molar-refractivity contribution in [3.8, 4) is 11.6 Å². The zero-order valence-electron chi connectivity index (χ0n) is 11.7. The van der Waals surface area contributed by atoms with Crippen molar-refractivity contribution in [2.75, 3.05) is 0 Å². The normalized spacial score (nSPS) is 11.4. The second-order valence-corrected chi connectivity index (χ2v) is 4.66. The number of nitrogens with two attached hydrogens (primary N) is 1. The molecule has 2 rings (SSSR count). The Hall–Kier alpha value is -2.56. The van der Waals surface area contributed by atoms with Gasteiger partial charge in [0.15, 0.2) is 5.84 Å². The van der Waals surface area contributed by atoms with Crippen molar-refractivity contribution in [3.05, 3.63) is 52.7 Å². The first-order valence-electron chi connectivity index (χ1n) is 6.21. The van der Waals surface area contributed by atoms with Gasteiger partial charge in [-0.25, -0.2) is 4.98 Å². The summed E-state index contributed by atoms with van der Waals surface area (Å²) < 4.78 is 5.84. The Bertz CT molecular complexity index is 666. The van der Waals surface area contributed by atoms with Gasteiger partial charge in [0.1, 0.15) is 5.75 Å². The molecule has 0 aliphatic heterocycles. The molecule has 1 heterocycles. The summed E-state index contributed by atoms with van der Waals surface area (Å²) in [4.78, 5) is 4.18. The quantitative estimate of drug-likeness (QED) is 0.389. The molecule has 3 N–H and O–H groups in total. The molecule has 20 heavy (non-hydrogen) atoms. The highest BCUT2D eigenvalue weighted by molar-refractivity contribution is 6.00. The molecular formula is C15H17N3O2. The van der Waals surface area contributed by atoms with Crippen LogP contribution in [0.3, 0.4) is 0 Å². The molecule has 0 amide bonds. The number of benzene rings is 1. The summed E-state index contributed by atoms with van der Waals surface area (Å²) in [6.07, 6.45) is 1.63. The molecule has 0 aliphatic carbocycles. The van der Waals surface area contributed by atoms with Crippen LogP contribution < -0.4 is 10.5 Å². The van der Waals surface area contributed by atoms with Crippen LogP contribution in [-0.4, -0.2) is 16.0 Å². The average molecular weight is 271 g/mol. The fraction of sp³-hybridized carbons (Fsp3) is 0.200. The van der Waals surface area contributed by atoms with Crippen molar-refractivity contribution in [2.45, 2.75) is 20.8 Å². The number of amidine groups is 1. The molecule has 0 spiro atoms. The van der Waals surface area contributed by atoms with Crippen LogP contribution in [0.2, 0.25) is 0 Å². The summed E-state index contributed by atoms with van der Waals surface area (Å²) in [7, 11) is 0. The number of hydrogen-bond donors (Lipinski definition) is 2. The molecule has 1 aromatic heterocycles. The molecule has 0 atom stereocenters. The minimum absolute atomic E-state index is 0.0177. The van der Waals surface area contributed by atoms with Gasteiger partial charge < -0.3 is 15.7 Å². The molecule has 0 radical (unpaired) electrons. The molecule has 5 heteroatoms.